The highest BCUT2D eigenvalue weighted by molar-refractivity contribution is 5.95. The van der Waals surface area contributed by atoms with Crippen molar-refractivity contribution in [3.05, 3.63) is 60.3 Å². The van der Waals surface area contributed by atoms with Gasteiger partial charge in [-0.25, -0.2) is 14.6 Å². The quantitative estimate of drug-likeness (QED) is 0.653. The molecule has 28 heavy (non-hydrogen) atoms. The molecule has 3 aromatic rings. The fraction of sp³-hybridized carbons (Fsp3) is 0.167. The van der Waals surface area contributed by atoms with Crippen molar-refractivity contribution in [1.29, 1.82) is 0 Å². The van der Waals surface area contributed by atoms with Gasteiger partial charge in [0.2, 0.25) is 0 Å². The minimum Gasteiger partial charge on any atom is -0.361 e. The Morgan fingerprint density at radius 3 is 2.75 bits per heavy atom. The van der Waals surface area contributed by atoms with Gasteiger partial charge >= 0.3 is 6.18 Å². The Morgan fingerprint density at radius 2 is 2.04 bits per heavy atom. The maximum Gasteiger partial charge on any atom is 0.416 e. The van der Waals surface area contributed by atoms with Crippen LogP contribution < -0.4 is 5.32 Å². The van der Waals surface area contributed by atoms with Gasteiger partial charge in [-0.1, -0.05) is 0 Å². The molecule has 0 spiro atoms. The smallest absolute Gasteiger partial charge is 0.361 e. The topological polar surface area (TPSA) is 85.6 Å². The van der Waals surface area contributed by atoms with E-state index in [0.717, 1.165) is 12.1 Å². The molecule has 0 unspecified atom stereocenters. The van der Waals surface area contributed by atoms with E-state index >= 15 is 0 Å². The summed E-state index contributed by atoms with van der Waals surface area (Å²) in [6, 6.07) is 3.62. The monoisotopic (exact) mass is 388 g/mol. The molecule has 0 amide bonds. The second kappa shape index (κ2) is 7.99. The highest BCUT2D eigenvalue weighted by Gasteiger charge is 2.31. The average molecular weight is 388 g/mol. The van der Waals surface area contributed by atoms with Crippen LogP contribution in [-0.4, -0.2) is 37.1 Å². The molecule has 1 N–H and O–H groups in total. The summed E-state index contributed by atoms with van der Waals surface area (Å²) in [4.78, 5) is 23.7. The van der Waals surface area contributed by atoms with Crippen molar-refractivity contribution in [2.75, 3.05) is 11.9 Å². The van der Waals surface area contributed by atoms with E-state index in [2.05, 4.69) is 25.4 Å². The summed E-state index contributed by atoms with van der Waals surface area (Å²) in [5.74, 6) is 0.341. The molecule has 0 fully saturated rings. The number of hydrogen-bond acceptors (Lipinski definition) is 6. The lowest BCUT2D eigenvalue weighted by molar-refractivity contribution is -0.137. The van der Waals surface area contributed by atoms with Crippen molar-refractivity contribution < 1.29 is 18.0 Å². The van der Waals surface area contributed by atoms with Crippen molar-refractivity contribution in [3.63, 3.8) is 0 Å². The van der Waals surface area contributed by atoms with Gasteiger partial charge in [0.25, 0.3) is 0 Å². The van der Waals surface area contributed by atoms with Crippen molar-refractivity contribution in [2.45, 2.75) is 13.1 Å². The van der Waals surface area contributed by atoms with Crippen LogP contribution in [0.5, 0.6) is 0 Å². The Kier molecular flexibility index (Phi) is 5.48. The van der Waals surface area contributed by atoms with E-state index in [0.29, 0.717) is 11.4 Å². The molecule has 1 aromatic carbocycles. The molecule has 0 aliphatic heterocycles. The minimum absolute atomic E-state index is 0.00354. The maximum absolute atomic E-state index is 13.0. The van der Waals surface area contributed by atoms with Crippen LogP contribution >= 0.6 is 0 Å². The molecule has 0 bridgehead atoms. The number of anilines is 1. The third kappa shape index (κ3) is 5.00. The number of carbonyl (C=O) groups is 1. The van der Waals surface area contributed by atoms with Crippen LogP contribution in [0.4, 0.5) is 19.0 Å². The van der Waals surface area contributed by atoms with E-state index < -0.39 is 11.7 Å². The molecular weight excluding hydrogens is 373 g/mol. The fourth-order valence-corrected chi connectivity index (χ4v) is 2.34. The molecular formula is C18H15F3N6O. The zero-order valence-electron chi connectivity index (χ0n) is 14.7. The van der Waals surface area contributed by atoms with Gasteiger partial charge in [0.15, 0.2) is 11.6 Å². The molecule has 2 heterocycles. The SMILES string of the molecule is Cc1cc(-c2ncn(/C=C\C(=O)CNc3cnccn3)n2)cc(C(F)(F)F)c1. The molecule has 0 saturated carbocycles. The van der Waals surface area contributed by atoms with E-state index in [1.165, 1.54) is 41.9 Å². The third-order valence-electron chi connectivity index (χ3n) is 3.59. The zero-order valence-corrected chi connectivity index (χ0v) is 14.7. The van der Waals surface area contributed by atoms with Crippen LogP contribution in [0, 0.1) is 6.92 Å². The van der Waals surface area contributed by atoms with Gasteiger partial charge < -0.3 is 5.32 Å². The van der Waals surface area contributed by atoms with Gasteiger partial charge in [0.05, 0.1) is 18.3 Å². The molecule has 0 saturated heterocycles. The van der Waals surface area contributed by atoms with Gasteiger partial charge in [-0.2, -0.15) is 13.2 Å². The Balaban J connectivity index is 1.68. The van der Waals surface area contributed by atoms with Crippen LogP contribution in [-0.2, 0) is 11.0 Å². The first-order chi connectivity index (χ1) is 13.3. The summed E-state index contributed by atoms with van der Waals surface area (Å²) in [6.45, 7) is 1.57. The van der Waals surface area contributed by atoms with Crippen LogP contribution in [0.3, 0.4) is 0 Å². The summed E-state index contributed by atoms with van der Waals surface area (Å²) >= 11 is 0. The number of nitrogens with zero attached hydrogens (tertiary/aromatic N) is 5. The normalized spacial score (nSPS) is 11.7. The molecule has 10 heteroatoms. The predicted molar refractivity (Wildman–Crippen MR) is 96.1 cm³/mol. The number of aromatic nitrogens is 5. The number of carbonyl (C=O) groups excluding carboxylic acids is 1. The summed E-state index contributed by atoms with van der Waals surface area (Å²) < 4.78 is 40.1. The van der Waals surface area contributed by atoms with E-state index in [1.807, 2.05) is 0 Å². The Morgan fingerprint density at radius 1 is 1.21 bits per heavy atom. The fourth-order valence-electron chi connectivity index (χ4n) is 2.34. The van der Waals surface area contributed by atoms with Gasteiger partial charge in [0, 0.05) is 30.2 Å². The molecule has 0 aliphatic rings. The second-order valence-electron chi connectivity index (χ2n) is 5.86. The van der Waals surface area contributed by atoms with E-state index in [1.54, 1.807) is 13.0 Å². The van der Waals surface area contributed by atoms with Crippen molar-refractivity contribution >= 4 is 17.8 Å². The number of aryl methyl sites for hydroxylation is 1. The van der Waals surface area contributed by atoms with E-state index in [4.69, 9.17) is 0 Å². The summed E-state index contributed by atoms with van der Waals surface area (Å²) in [5, 5.41) is 6.90. The summed E-state index contributed by atoms with van der Waals surface area (Å²) in [5.41, 5.74) is -0.0724. The molecule has 144 valence electrons. The average Bonchev–Trinajstić information content (AvgIpc) is 3.13. The van der Waals surface area contributed by atoms with Gasteiger partial charge in [-0.3, -0.25) is 9.78 Å². The number of benzene rings is 1. The molecule has 0 atom stereocenters. The van der Waals surface area contributed by atoms with Gasteiger partial charge in [0.1, 0.15) is 12.1 Å². The number of nitrogens with one attached hydrogen (secondary N) is 1. The van der Waals surface area contributed by atoms with Crippen molar-refractivity contribution in [2.24, 2.45) is 0 Å². The lowest BCUT2D eigenvalue weighted by atomic mass is 10.1. The van der Waals surface area contributed by atoms with Gasteiger partial charge in [-0.05, 0) is 30.7 Å². The summed E-state index contributed by atoms with van der Waals surface area (Å²) in [6.07, 6.45) is 4.00. The first-order valence-electron chi connectivity index (χ1n) is 8.12. The number of ketones is 1. The standard InChI is InChI=1S/C18H15F3N6O/c1-12-6-13(8-14(7-12)18(19,20)21)17-25-11-27(26-17)5-2-15(28)9-24-16-10-22-3-4-23-16/h2-8,10-11H,9H2,1H3,(H,23,24)/b5-2-. The zero-order chi connectivity index (χ0) is 20.1. The predicted octanol–water partition coefficient (Wildman–Crippen LogP) is 3.21. The Bertz CT molecular complexity index is 998. The molecule has 0 aliphatic carbocycles. The van der Waals surface area contributed by atoms with Crippen LogP contribution in [0.1, 0.15) is 11.1 Å². The van der Waals surface area contributed by atoms with Gasteiger partial charge in [-0.15, -0.1) is 5.10 Å². The molecule has 2 aromatic heterocycles. The van der Waals surface area contributed by atoms with Crippen molar-refractivity contribution in [1.82, 2.24) is 24.7 Å². The van der Waals surface area contributed by atoms with E-state index in [-0.39, 0.29) is 23.7 Å². The third-order valence-corrected chi connectivity index (χ3v) is 3.59. The van der Waals surface area contributed by atoms with Crippen molar-refractivity contribution in [3.8, 4) is 11.4 Å². The minimum atomic E-state index is -4.45. The number of rotatable bonds is 6. The second-order valence-corrected chi connectivity index (χ2v) is 5.86. The van der Waals surface area contributed by atoms with Crippen LogP contribution in [0.25, 0.3) is 17.6 Å². The highest BCUT2D eigenvalue weighted by atomic mass is 19.4. The van der Waals surface area contributed by atoms with Crippen LogP contribution in [0.2, 0.25) is 0 Å². The Hall–Kier alpha value is -3.56. The number of halogens is 3. The molecule has 3 rings (SSSR count). The lowest BCUT2D eigenvalue weighted by Gasteiger charge is -2.09. The number of alkyl halides is 3. The lowest BCUT2D eigenvalue weighted by Crippen LogP contribution is -2.12. The molecule has 7 nitrogen and oxygen atoms in total. The van der Waals surface area contributed by atoms with E-state index in [9.17, 15) is 18.0 Å². The molecule has 0 radical (unpaired) electrons. The Labute approximate surface area is 158 Å². The first kappa shape index (κ1) is 19.2. The highest BCUT2D eigenvalue weighted by Crippen LogP contribution is 2.32. The summed E-state index contributed by atoms with van der Waals surface area (Å²) in [7, 11) is 0. The first-order valence-corrected chi connectivity index (χ1v) is 8.12. The number of hydrogen-bond donors (Lipinski definition) is 1. The van der Waals surface area contributed by atoms with Crippen LogP contribution in [0.15, 0.2) is 49.2 Å². The maximum atomic E-state index is 13.0. The largest absolute Gasteiger partial charge is 0.416 e.